The number of imidazole rings is 1. The molecule has 0 aliphatic heterocycles. The van der Waals surface area contributed by atoms with Crippen molar-refractivity contribution in [2.24, 2.45) is 5.73 Å². The van der Waals surface area contributed by atoms with Crippen molar-refractivity contribution in [1.29, 1.82) is 0 Å². The fourth-order valence-corrected chi connectivity index (χ4v) is 1.02. The standard InChI is InChI=1S/C7H11N3OS/c1-4(11)6(8)2-5-3-9-7(12)10-5/h3,6H,2,8H2,1H3,(H2,9,10,12). The van der Waals surface area contributed by atoms with Crippen molar-refractivity contribution in [2.45, 2.75) is 24.5 Å². The first-order valence-electron chi connectivity index (χ1n) is 3.59. The maximum absolute atomic E-state index is 10.8. The van der Waals surface area contributed by atoms with E-state index in [2.05, 4.69) is 22.6 Å². The van der Waals surface area contributed by atoms with Gasteiger partial charge in [0, 0.05) is 12.6 Å². The first-order valence-corrected chi connectivity index (χ1v) is 4.03. The van der Waals surface area contributed by atoms with Crippen LogP contribution < -0.4 is 5.73 Å². The fraction of sp³-hybridized carbons (Fsp3) is 0.429. The first-order chi connectivity index (χ1) is 5.59. The SMILES string of the molecule is CC(=O)C(N)Cc1c[nH]c(S)n1. The third kappa shape index (κ3) is 2.35. The molecule has 12 heavy (non-hydrogen) atoms. The van der Waals surface area contributed by atoms with E-state index in [0.29, 0.717) is 11.6 Å². The highest BCUT2D eigenvalue weighted by atomic mass is 32.1. The maximum atomic E-state index is 10.8. The zero-order chi connectivity index (χ0) is 9.14. The molecule has 0 radical (unpaired) electrons. The molecule has 0 aromatic carbocycles. The van der Waals surface area contributed by atoms with Crippen LogP contribution >= 0.6 is 12.6 Å². The molecular formula is C7H11N3OS. The van der Waals surface area contributed by atoms with Gasteiger partial charge in [0.1, 0.15) is 5.78 Å². The second kappa shape index (κ2) is 3.73. The van der Waals surface area contributed by atoms with Crippen LogP contribution in [0.25, 0.3) is 0 Å². The number of carbonyl (C=O) groups excluding carboxylic acids is 1. The van der Waals surface area contributed by atoms with Gasteiger partial charge in [-0.15, -0.1) is 12.6 Å². The minimum Gasteiger partial charge on any atom is -0.340 e. The van der Waals surface area contributed by atoms with Gasteiger partial charge in [0.15, 0.2) is 5.16 Å². The van der Waals surface area contributed by atoms with Gasteiger partial charge >= 0.3 is 0 Å². The van der Waals surface area contributed by atoms with Gasteiger partial charge in [-0.1, -0.05) is 0 Å². The van der Waals surface area contributed by atoms with Crippen LogP contribution in [-0.4, -0.2) is 21.8 Å². The Morgan fingerprint density at radius 2 is 2.58 bits per heavy atom. The van der Waals surface area contributed by atoms with Gasteiger partial charge in [0.05, 0.1) is 11.7 Å². The van der Waals surface area contributed by atoms with E-state index < -0.39 is 6.04 Å². The normalized spacial score (nSPS) is 12.9. The summed E-state index contributed by atoms with van der Waals surface area (Å²) in [5.74, 6) is -0.0290. The van der Waals surface area contributed by atoms with Crippen molar-refractivity contribution in [1.82, 2.24) is 9.97 Å². The predicted octanol–water partition coefficient (Wildman–Crippen LogP) is 0.157. The molecular weight excluding hydrogens is 174 g/mol. The monoisotopic (exact) mass is 185 g/mol. The average molecular weight is 185 g/mol. The highest BCUT2D eigenvalue weighted by molar-refractivity contribution is 7.80. The van der Waals surface area contributed by atoms with Crippen LogP contribution in [0.2, 0.25) is 0 Å². The molecule has 0 amide bonds. The number of nitrogens with one attached hydrogen (secondary N) is 1. The van der Waals surface area contributed by atoms with Crippen LogP contribution in [0.1, 0.15) is 12.6 Å². The Morgan fingerprint density at radius 3 is 3.00 bits per heavy atom. The molecule has 66 valence electrons. The van der Waals surface area contributed by atoms with E-state index >= 15 is 0 Å². The van der Waals surface area contributed by atoms with Crippen LogP contribution in [0.15, 0.2) is 11.4 Å². The van der Waals surface area contributed by atoms with Crippen molar-refractivity contribution in [3.8, 4) is 0 Å². The Bertz CT molecular complexity index is 284. The Hall–Kier alpha value is -0.810. The van der Waals surface area contributed by atoms with Crippen LogP contribution in [0.4, 0.5) is 0 Å². The number of H-pyrrole nitrogens is 1. The third-order valence-electron chi connectivity index (χ3n) is 1.57. The molecule has 0 aliphatic rings. The van der Waals surface area contributed by atoms with Gasteiger partial charge < -0.3 is 10.7 Å². The smallest absolute Gasteiger partial charge is 0.162 e. The number of hydrogen-bond donors (Lipinski definition) is 3. The fourth-order valence-electron chi connectivity index (χ4n) is 0.822. The van der Waals surface area contributed by atoms with Crippen LogP contribution in [0, 0.1) is 0 Å². The molecule has 0 fully saturated rings. The minimum absolute atomic E-state index is 0.0290. The summed E-state index contributed by atoms with van der Waals surface area (Å²) in [5.41, 5.74) is 6.30. The molecule has 1 unspecified atom stereocenters. The third-order valence-corrected chi connectivity index (χ3v) is 1.80. The number of ketones is 1. The number of nitrogens with two attached hydrogens (primary N) is 1. The first kappa shape index (κ1) is 9.28. The molecule has 0 aliphatic carbocycles. The molecule has 4 nitrogen and oxygen atoms in total. The van der Waals surface area contributed by atoms with E-state index in [-0.39, 0.29) is 5.78 Å². The molecule has 0 saturated carbocycles. The molecule has 0 spiro atoms. The second-order valence-corrected chi connectivity index (χ2v) is 3.06. The number of hydrogen-bond acceptors (Lipinski definition) is 4. The highest BCUT2D eigenvalue weighted by Gasteiger charge is 2.10. The number of nitrogens with zero attached hydrogens (tertiary/aromatic N) is 1. The molecule has 1 atom stereocenters. The second-order valence-electron chi connectivity index (χ2n) is 2.64. The van der Waals surface area contributed by atoms with Gasteiger partial charge in [-0.05, 0) is 6.92 Å². The number of rotatable bonds is 3. The van der Waals surface area contributed by atoms with Gasteiger partial charge in [-0.2, -0.15) is 0 Å². The van der Waals surface area contributed by atoms with E-state index in [9.17, 15) is 4.79 Å². The van der Waals surface area contributed by atoms with E-state index in [4.69, 9.17) is 5.73 Å². The van der Waals surface area contributed by atoms with Crippen molar-refractivity contribution >= 4 is 18.4 Å². The average Bonchev–Trinajstić information content (AvgIpc) is 2.35. The van der Waals surface area contributed by atoms with Gasteiger partial charge in [-0.25, -0.2) is 4.98 Å². The van der Waals surface area contributed by atoms with Crippen LogP contribution in [0.5, 0.6) is 0 Å². The Labute approximate surface area is 76.0 Å². The molecule has 1 heterocycles. The lowest BCUT2D eigenvalue weighted by Gasteiger charge is -2.03. The lowest BCUT2D eigenvalue weighted by Crippen LogP contribution is -2.30. The van der Waals surface area contributed by atoms with E-state index in [1.165, 1.54) is 6.92 Å². The molecule has 1 aromatic heterocycles. The Balaban J connectivity index is 2.58. The quantitative estimate of drug-likeness (QED) is 0.587. The number of aromatic amines is 1. The maximum Gasteiger partial charge on any atom is 0.162 e. The topological polar surface area (TPSA) is 71.8 Å². The Morgan fingerprint density at radius 1 is 1.92 bits per heavy atom. The molecule has 3 N–H and O–H groups in total. The van der Waals surface area contributed by atoms with Gasteiger partial charge in [0.25, 0.3) is 0 Å². The van der Waals surface area contributed by atoms with Crippen molar-refractivity contribution in [2.75, 3.05) is 0 Å². The zero-order valence-corrected chi connectivity index (χ0v) is 7.64. The summed E-state index contributed by atoms with van der Waals surface area (Å²) < 4.78 is 0. The minimum atomic E-state index is -0.457. The number of thiol groups is 1. The molecule has 5 heteroatoms. The van der Waals surface area contributed by atoms with Crippen molar-refractivity contribution in [3.05, 3.63) is 11.9 Å². The van der Waals surface area contributed by atoms with Crippen molar-refractivity contribution in [3.63, 3.8) is 0 Å². The van der Waals surface area contributed by atoms with E-state index in [0.717, 1.165) is 5.69 Å². The van der Waals surface area contributed by atoms with Gasteiger partial charge in [-0.3, -0.25) is 4.79 Å². The van der Waals surface area contributed by atoms with Crippen LogP contribution in [0.3, 0.4) is 0 Å². The molecule has 1 aromatic rings. The molecule has 0 saturated heterocycles. The van der Waals surface area contributed by atoms with E-state index in [1.807, 2.05) is 0 Å². The number of Topliss-reactive ketones (excluding diaryl/α,β-unsaturated/α-hetero) is 1. The summed E-state index contributed by atoms with van der Waals surface area (Å²) in [6, 6.07) is -0.457. The summed E-state index contributed by atoms with van der Waals surface area (Å²) in [6.07, 6.45) is 2.16. The predicted molar refractivity (Wildman–Crippen MR) is 48.2 cm³/mol. The van der Waals surface area contributed by atoms with Crippen molar-refractivity contribution < 1.29 is 4.79 Å². The molecule has 1 rings (SSSR count). The summed E-state index contributed by atoms with van der Waals surface area (Å²) in [4.78, 5) is 17.6. The lowest BCUT2D eigenvalue weighted by molar-refractivity contribution is -0.118. The lowest BCUT2D eigenvalue weighted by atomic mass is 10.1. The summed E-state index contributed by atoms with van der Waals surface area (Å²) in [5, 5.41) is 0.542. The summed E-state index contributed by atoms with van der Waals surface area (Å²) in [6.45, 7) is 1.47. The largest absolute Gasteiger partial charge is 0.340 e. The Kier molecular flexibility index (Phi) is 2.88. The molecule has 0 bridgehead atoms. The number of aromatic nitrogens is 2. The summed E-state index contributed by atoms with van der Waals surface area (Å²) >= 11 is 3.99. The zero-order valence-electron chi connectivity index (χ0n) is 6.74. The highest BCUT2D eigenvalue weighted by Crippen LogP contribution is 2.03. The van der Waals surface area contributed by atoms with Gasteiger partial charge in [0.2, 0.25) is 0 Å². The number of carbonyl (C=O) groups is 1. The summed E-state index contributed by atoms with van der Waals surface area (Å²) in [7, 11) is 0. The van der Waals surface area contributed by atoms with E-state index in [1.54, 1.807) is 6.20 Å². The van der Waals surface area contributed by atoms with Crippen LogP contribution in [-0.2, 0) is 11.2 Å².